The highest BCUT2D eigenvalue weighted by molar-refractivity contribution is 7.17. The molecule has 0 saturated carbocycles. The van der Waals surface area contributed by atoms with E-state index in [1.807, 2.05) is 18.2 Å². The first kappa shape index (κ1) is 25.0. The summed E-state index contributed by atoms with van der Waals surface area (Å²) in [6.07, 6.45) is 1.33. The van der Waals surface area contributed by atoms with Crippen LogP contribution in [0.15, 0.2) is 88.7 Å². The van der Waals surface area contributed by atoms with Crippen LogP contribution >= 0.6 is 11.3 Å². The number of ketones is 1. The monoisotopic (exact) mass is 530 g/mol. The van der Waals surface area contributed by atoms with Gasteiger partial charge in [-0.3, -0.25) is 14.5 Å². The second-order valence-electron chi connectivity index (χ2n) is 8.27. The third kappa shape index (κ3) is 4.57. The molecule has 2 aromatic carbocycles. The van der Waals surface area contributed by atoms with Crippen molar-refractivity contribution in [3.05, 3.63) is 106 Å². The summed E-state index contributed by atoms with van der Waals surface area (Å²) in [5.74, 6) is -1.75. The number of ether oxygens (including phenoxy) is 2. The maximum atomic E-state index is 13.5. The lowest BCUT2D eigenvalue weighted by molar-refractivity contribution is -0.117. The second-order valence-corrected chi connectivity index (χ2v) is 9.24. The smallest absolute Gasteiger partial charge is 0.350 e. The predicted octanol–water partition coefficient (Wildman–Crippen LogP) is 5.80. The van der Waals surface area contributed by atoms with Crippen molar-refractivity contribution >= 4 is 34.1 Å². The normalized spacial score (nSPS) is 15.2. The molecule has 1 aliphatic heterocycles. The number of hydrogen-bond donors (Lipinski definition) is 1. The van der Waals surface area contributed by atoms with Crippen molar-refractivity contribution < 1.29 is 33.4 Å². The van der Waals surface area contributed by atoms with Gasteiger partial charge in [-0.1, -0.05) is 41.7 Å². The summed E-state index contributed by atoms with van der Waals surface area (Å²) in [6.45, 7) is 3.49. The Bertz CT molecular complexity index is 1540. The number of nitrogens with zero attached hydrogens (tertiary/aromatic N) is 2. The zero-order valence-corrected chi connectivity index (χ0v) is 21.2. The maximum absolute atomic E-state index is 13.5. The average Bonchev–Trinajstić information content (AvgIpc) is 3.64. The molecule has 38 heavy (non-hydrogen) atoms. The summed E-state index contributed by atoms with van der Waals surface area (Å²) in [7, 11) is 0. The van der Waals surface area contributed by atoms with Gasteiger partial charge in [-0.25, -0.2) is 9.78 Å². The maximum Gasteiger partial charge on any atom is 0.350 e. The summed E-state index contributed by atoms with van der Waals surface area (Å²) in [4.78, 5) is 45.2. The number of carbonyl (C=O) groups is 3. The van der Waals surface area contributed by atoms with Crippen LogP contribution in [0.5, 0.6) is 11.5 Å². The minimum atomic E-state index is -1.07. The minimum absolute atomic E-state index is 0.0366. The first-order valence-electron chi connectivity index (χ1n) is 11.7. The van der Waals surface area contributed by atoms with E-state index in [2.05, 4.69) is 4.98 Å². The van der Waals surface area contributed by atoms with Gasteiger partial charge < -0.3 is 19.0 Å². The molecule has 1 atom stereocenters. The number of amides is 1. The number of hydrogen-bond acceptors (Lipinski definition) is 9. The molecule has 0 unspecified atom stereocenters. The first-order valence-corrected chi connectivity index (χ1v) is 12.5. The molecule has 0 radical (unpaired) electrons. The number of aromatic nitrogens is 1. The molecule has 0 aliphatic carbocycles. The van der Waals surface area contributed by atoms with Crippen molar-refractivity contribution in [3.8, 4) is 11.5 Å². The fraction of sp³-hybridized carbons (Fsp3) is 0.143. The highest BCUT2D eigenvalue weighted by Gasteiger charge is 2.47. The van der Waals surface area contributed by atoms with Crippen LogP contribution in [0.2, 0.25) is 0 Å². The summed E-state index contributed by atoms with van der Waals surface area (Å²) < 4.78 is 16.4. The molecule has 4 aromatic rings. The molecule has 1 amide bonds. The number of furan rings is 1. The molecular weight excluding hydrogens is 508 g/mol. The quantitative estimate of drug-likeness (QED) is 0.224. The van der Waals surface area contributed by atoms with E-state index in [9.17, 15) is 19.5 Å². The fourth-order valence-electron chi connectivity index (χ4n) is 4.13. The van der Waals surface area contributed by atoms with E-state index in [1.165, 1.54) is 17.2 Å². The number of para-hydroxylation sites is 1. The van der Waals surface area contributed by atoms with Gasteiger partial charge in [-0.15, -0.1) is 0 Å². The Morgan fingerprint density at radius 1 is 1.08 bits per heavy atom. The number of esters is 1. The molecule has 9 nitrogen and oxygen atoms in total. The number of aliphatic hydroxyl groups excluding tert-OH is 1. The van der Waals surface area contributed by atoms with Gasteiger partial charge in [0.15, 0.2) is 16.7 Å². The molecule has 0 spiro atoms. The van der Waals surface area contributed by atoms with E-state index in [0.717, 1.165) is 11.3 Å². The molecule has 5 rings (SSSR count). The van der Waals surface area contributed by atoms with Crippen LogP contribution < -0.4 is 9.64 Å². The number of benzene rings is 2. The fourth-order valence-corrected chi connectivity index (χ4v) is 5.12. The van der Waals surface area contributed by atoms with Crippen LogP contribution in [-0.2, 0) is 9.53 Å². The zero-order chi connectivity index (χ0) is 26.8. The highest BCUT2D eigenvalue weighted by Crippen LogP contribution is 2.44. The van der Waals surface area contributed by atoms with E-state index >= 15 is 0 Å². The third-order valence-electron chi connectivity index (χ3n) is 5.80. The molecule has 192 valence electrons. The molecule has 2 aromatic heterocycles. The van der Waals surface area contributed by atoms with Crippen molar-refractivity contribution in [2.45, 2.75) is 19.9 Å². The van der Waals surface area contributed by atoms with Crippen molar-refractivity contribution in [1.82, 2.24) is 4.98 Å². The Morgan fingerprint density at radius 3 is 2.55 bits per heavy atom. The molecule has 10 heteroatoms. The average molecular weight is 531 g/mol. The molecule has 0 fully saturated rings. The Balaban J connectivity index is 1.61. The van der Waals surface area contributed by atoms with Crippen LogP contribution in [0.1, 0.15) is 44.4 Å². The standard InChI is InChI=1S/C28H22N2O7S/c1-3-35-27(34)25-16(2)29-28(38-25)30-22(21(24(32)26(30)33)23(31)20-13-8-14-36-20)17-9-7-12-19(15-17)37-18-10-5-4-6-11-18/h4-15,22,32H,3H2,1-2H3/t22-/m1/s1. The summed E-state index contributed by atoms with van der Waals surface area (Å²) in [6, 6.07) is 17.9. The molecule has 3 heterocycles. The van der Waals surface area contributed by atoms with Gasteiger partial charge in [0.05, 0.1) is 30.2 Å². The van der Waals surface area contributed by atoms with Gasteiger partial charge >= 0.3 is 5.97 Å². The summed E-state index contributed by atoms with van der Waals surface area (Å²) in [5, 5.41) is 11.1. The van der Waals surface area contributed by atoms with E-state index in [-0.39, 0.29) is 27.9 Å². The third-order valence-corrected chi connectivity index (χ3v) is 6.94. The van der Waals surface area contributed by atoms with Crippen molar-refractivity contribution in [3.63, 3.8) is 0 Å². The Kier molecular flexibility index (Phi) is 6.80. The lowest BCUT2D eigenvalue weighted by Gasteiger charge is -2.24. The Labute approximate surface area is 221 Å². The molecule has 1 N–H and O–H groups in total. The van der Waals surface area contributed by atoms with Crippen LogP contribution in [-0.4, -0.2) is 34.4 Å². The van der Waals surface area contributed by atoms with Crippen molar-refractivity contribution in [2.75, 3.05) is 11.5 Å². The number of aryl methyl sites for hydroxylation is 1. The van der Waals surface area contributed by atoms with Crippen molar-refractivity contribution in [1.29, 1.82) is 0 Å². The van der Waals surface area contributed by atoms with E-state index in [1.54, 1.807) is 56.3 Å². The molecule has 1 aliphatic rings. The highest BCUT2D eigenvalue weighted by atomic mass is 32.1. The van der Waals surface area contributed by atoms with E-state index in [0.29, 0.717) is 22.8 Å². The lowest BCUT2D eigenvalue weighted by atomic mass is 9.95. The number of rotatable bonds is 8. The van der Waals surface area contributed by atoms with Crippen LogP contribution in [0, 0.1) is 6.92 Å². The van der Waals surface area contributed by atoms with Gasteiger partial charge in [0.25, 0.3) is 5.91 Å². The van der Waals surface area contributed by atoms with E-state index < -0.39 is 29.5 Å². The second kappa shape index (κ2) is 10.3. The van der Waals surface area contributed by atoms with Gasteiger partial charge in [-0.2, -0.15) is 0 Å². The summed E-state index contributed by atoms with van der Waals surface area (Å²) >= 11 is 0.943. The molecular formula is C28H22N2O7S. The van der Waals surface area contributed by atoms with Gasteiger partial charge in [0.1, 0.15) is 16.4 Å². The topological polar surface area (TPSA) is 119 Å². The van der Waals surface area contributed by atoms with Crippen LogP contribution in [0.4, 0.5) is 5.13 Å². The van der Waals surface area contributed by atoms with Gasteiger partial charge in [-0.05, 0) is 55.8 Å². The number of Topliss-reactive ketones (excluding diaryl/α,β-unsaturated/α-hetero) is 1. The Morgan fingerprint density at radius 2 is 1.84 bits per heavy atom. The SMILES string of the molecule is CCOC(=O)c1sc(N2C(=O)C(O)=C(C(=O)c3ccco3)[C@H]2c2cccc(Oc3ccccc3)c2)nc1C. The van der Waals surface area contributed by atoms with Crippen LogP contribution in [0.25, 0.3) is 0 Å². The van der Waals surface area contributed by atoms with Crippen LogP contribution in [0.3, 0.4) is 0 Å². The van der Waals surface area contributed by atoms with Gasteiger partial charge in [0, 0.05) is 0 Å². The van der Waals surface area contributed by atoms with Gasteiger partial charge in [0.2, 0.25) is 5.78 Å². The largest absolute Gasteiger partial charge is 0.503 e. The molecule has 0 bridgehead atoms. The Hall–Kier alpha value is -4.70. The number of thiazole rings is 1. The first-order chi connectivity index (χ1) is 18.4. The lowest BCUT2D eigenvalue weighted by Crippen LogP contribution is -2.31. The number of aliphatic hydroxyl groups is 1. The molecule has 0 saturated heterocycles. The van der Waals surface area contributed by atoms with Crippen molar-refractivity contribution in [2.24, 2.45) is 0 Å². The van der Waals surface area contributed by atoms with E-state index in [4.69, 9.17) is 13.9 Å². The number of anilines is 1. The predicted molar refractivity (Wildman–Crippen MR) is 139 cm³/mol. The number of carbonyl (C=O) groups excluding carboxylic acids is 3. The minimum Gasteiger partial charge on any atom is -0.503 e. The zero-order valence-electron chi connectivity index (χ0n) is 20.4. The summed E-state index contributed by atoms with van der Waals surface area (Å²) in [5.41, 5.74) is 0.671.